The molecule has 130 valence electrons. The lowest BCUT2D eigenvalue weighted by Gasteiger charge is -2.30. The minimum Gasteiger partial charge on any atom is -0.448 e. The molecule has 2 fully saturated rings. The number of piperidine rings is 1. The predicted molar refractivity (Wildman–Crippen MR) is 91.2 cm³/mol. The van der Waals surface area contributed by atoms with E-state index >= 15 is 0 Å². The monoisotopic (exact) mass is 338 g/mol. The maximum absolute atomic E-state index is 5.30. The average Bonchev–Trinajstić information content (AvgIpc) is 3.29. The average molecular weight is 338 g/mol. The van der Waals surface area contributed by atoms with Crippen LogP contribution in [-0.2, 0) is 6.54 Å². The second-order valence-corrected chi connectivity index (χ2v) is 7.27. The molecule has 5 rings (SSSR count). The molecule has 0 bridgehead atoms. The maximum atomic E-state index is 5.30. The SMILES string of the molecule is Cc1ocnc1CN1CCC(c2nnc3ccc(C4CC4)nn23)CC1. The van der Waals surface area contributed by atoms with Crippen LogP contribution in [0.3, 0.4) is 0 Å². The van der Waals surface area contributed by atoms with Crippen molar-refractivity contribution >= 4 is 5.65 Å². The summed E-state index contributed by atoms with van der Waals surface area (Å²) in [5.41, 5.74) is 3.09. The molecule has 7 heteroatoms. The topological polar surface area (TPSA) is 72.3 Å². The summed E-state index contributed by atoms with van der Waals surface area (Å²) in [5, 5.41) is 13.6. The number of aryl methyl sites for hydroxylation is 1. The van der Waals surface area contributed by atoms with Gasteiger partial charge < -0.3 is 4.42 Å². The molecule has 7 nitrogen and oxygen atoms in total. The molecule has 3 aromatic heterocycles. The van der Waals surface area contributed by atoms with E-state index in [0.717, 1.165) is 55.4 Å². The third-order valence-electron chi connectivity index (χ3n) is 5.47. The first-order chi connectivity index (χ1) is 12.3. The van der Waals surface area contributed by atoms with Gasteiger partial charge in [-0.15, -0.1) is 10.2 Å². The Morgan fingerprint density at radius 2 is 1.92 bits per heavy atom. The molecule has 3 aromatic rings. The van der Waals surface area contributed by atoms with Crippen molar-refractivity contribution in [3.8, 4) is 0 Å². The quantitative estimate of drug-likeness (QED) is 0.728. The molecule has 1 aliphatic carbocycles. The molecular weight excluding hydrogens is 316 g/mol. The summed E-state index contributed by atoms with van der Waals surface area (Å²) >= 11 is 0. The minimum atomic E-state index is 0.423. The first-order valence-corrected chi connectivity index (χ1v) is 9.11. The van der Waals surface area contributed by atoms with Crippen molar-refractivity contribution in [1.29, 1.82) is 0 Å². The molecule has 0 spiro atoms. The van der Waals surface area contributed by atoms with E-state index in [2.05, 4.69) is 32.2 Å². The molecule has 1 saturated heterocycles. The molecule has 0 atom stereocenters. The van der Waals surface area contributed by atoms with Crippen LogP contribution in [0.4, 0.5) is 0 Å². The molecule has 2 aliphatic rings. The summed E-state index contributed by atoms with van der Waals surface area (Å²) in [4.78, 5) is 6.75. The standard InChI is InChI=1S/C18H22N6O/c1-12-16(19-11-25-12)10-23-8-6-14(7-9-23)18-21-20-17-5-4-15(13-2-3-13)22-24(17)18/h4-5,11,13-14H,2-3,6-10H2,1H3. The van der Waals surface area contributed by atoms with Crippen LogP contribution in [0, 0.1) is 6.92 Å². The Hall–Kier alpha value is -2.28. The number of aromatic nitrogens is 5. The van der Waals surface area contributed by atoms with Gasteiger partial charge in [-0.1, -0.05) is 0 Å². The summed E-state index contributed by atoms with van der Waals surface area (Å²) < 4.78 is 7.28. The lowest BCUT2D eigenvalue weighted by molar-refractivity contribution is 0.198. The van der Waals surface area contributed by atoms with Gasteiger partial charge in [0.2, 0.25) is 0 Å². The zero-order valence-corrected chi connectivity index (χ0v) is 14.4. The van der Waals surface area contributed by atoms with Gasteiger partial charge in [0.15, 0.2) is 17.9 Å². The van der Waals surface area contributed by atoms with Crippen LogP contribution in [0.2, 0.25) is 0 Å². The molecule has 1 aliphatic heterocycles. The van der Waals surface area contributed by atoms with Crippen molar-refractivity contribution in [2.24, 2.45) is 0 Å². The van der Waals surface area contributed by atoms with Gasteiger partial charge in [0.05, 0.1) is 11.4 Å². The van der Waals surface area contributed by atoms with Gasteiger partial charge in [-0.3, -0.25) is 4.90 Å². The van der Waals surface area contributed by atoms with Crippen LogP contribution >= 0.6 is 0 Å². The fraction of sp³-hybridized carbons (Fsp3) is 0.556. The molecule has 0 aromatic carbocycles. The van der Waals surface area contributed by atoms with E-state index in [9.17, 15) is 0 Å². The fourth-order valence-electron chi connectivity index (χ4n) is 3.71. The smallest absolute Gasteiger partial charge is 0.181 e. The van der Waals surface area contributed by atoms with Gasteiger partial charge >= 0.3 is 0 Å². The lowest BCUT2D eigenvalue weighted by atomic mass is 9.96. The second kappa shape index (κ2) is 5.91. The second-order valence-electron chi connectivity index (χ2n) is 7.27. The van der Waals surface area contributed by atoms with Gasteiger partial charge in [0.25, 0.3) is 0 Å². The molecule has 0 radical (unpaired) electrons. The number of nitrogens with zero attached hydrogens (tertiary/aromatic N) is 6. The maximum Gasteiger partial charge on any atom is 0.181 e. The predicted octanol–water partition coefficient (Wildman–Crippen LogP) is 2.68. The molecule has 4 heterocycles. The number of hydrogen-bond acceptors (Lipinski definition) is 6. The number of hydrogen-bond donors (Lipinski definition) is 0. The van der Waals surface area contributed by atoms with Crippen molar-refractivity contribution in [2.45, 2.75) is 51.0 Å². The Labute approximate surface area is 146 Å². The first kappa shape index (κ1) is 15.0. The third-order valence-corrected chi connectivity index (χ3v) is 5.47. The van der Waals surface area contributed by atoms with Crippen LogP contribution < -0.4 is 0 Å². The highest BCUT2D eigenvalue weighted by Gasteiger charge is 2.28. The Kier molecular flexibility index (Phi) is 3.55. The van der Waals surface area contributed by atoms with Crippen LogP contribution in [0.15, 0.2) is 22.9 Å². The number of fused-ring (bicyclic) bond motifs is 1. The van der Waals surface area contributed by atoms with Gasteiger partial charge in [-0.2, -0.15) is 9.61 Å². The van der Waals surface area contributed by atoms with Crippen molar-refractivity contribution < 1.29 is 4.42 Å². The van der Waals surface area contributed by atoms with Crippen molar-refractivity contribution in [3.63, 3.8) is 0 Å². The van der Waals surface area contributed by atoms with E-state index in [1.54, 1.807) is 0 Å². The molecule has 0 N–H and O–H groups in total. The Bertz CT molecular complexity index is 888. The third kappa shape index (κ3) is 2.82. The van der Waals surface area contributed by atoms with E-state index in [0.29, 0.717) is 11.8 Å². The summed E-state index contributed by atoms with van der Waals surface area (Å²) in [6.07, 6.45) is 6.20. The Morgan fingerprint density at radius 3 is 2.64 bits per heavy atom. The van der Waals surface area contributed by atoms with Crippen molar-refractivity contribution in [3.05, 3.63) is 41.5 Å². The molecular formula is C18H22N6O. The summed E-state index contributed by atoms with van der Waals surface area (Å²) in [6, 6.07) is 4.16. The van der Waals surface area contributed by atoms with Crippen LogP contribution in [0.25, 0.3) is 5.65 Å². The highest BCUT2D eigenvalue weighted by Crippen LogP contribution is 2.39. The largest absolute Gasteiger partial charge is 0.448 e. The minimum absolute atomic E-state index is 0.423. The zero-order valence-electron chi connectivity index (χ0n) is 14.4. The molecule has 0 amide bonds. The molecule has 1 saturated carbocycles. The highest BCUT2D eigenvalue weighted by atomic mass is 16.3. The van der Waals surface area contributed by atoms with E-state index in [-0.39, 0.29) is 0 Å². The highest BCUT2D eigenvalue weighted by molar-refractivity contribution is 5.38. The Balaban J connectivity index is 1.31. The van der Waals surface area contributed by atoms with Gasteiger partial charge in [-0.25, -0.2) is 4.98 Å². The Morgan fingerprint density at radius 1 is 1.08 bits per heavy atom. The van der Waals surface area contributed by atoms with E-state index in [4.69, 9.17) is 9.52 Å². The lowest BCUT2D eigenvalue weighted by Crippen LogP contribution is -2.33. The van der Waals surface area contributed by atoms with Crippen LogP contribution in [-0.4, -0.2) is 42.8 Å². The summed E-state index contributed by atoms with van der Waals surface area (Å²) in [6.45, 7) is 4.91. The van der Waals surface area contributed by atoms with Crippen LogP contribution in [0.5, 0.6) is 0 Å². The first-order valence-electron chi connectivity index (χ1n) is 9.11. The van der Waals surface area contributed by atoms with E-state index in [1.165, 1.54) is 24.9 Å². The van der Waals surface area contributed by atoms with Gasteiger partial charge in [0.1, 0.15) is 5.76 Å². The summed E-state index contributed by atoms with van der Waals surface area (Å²) in [5.74, 6) is 3.01. The summed E-state index contributed by atoms with van der Waals surface area (Å²) in [7, 11) is 0. The fourth-order valence-corrected chi connectivity index (χ4v) is 3.71. The molecule has 0 unspecified atom stereocenters. The van der Waals surface area contributed by atoms with Gasteiger partial charge in [0, 0.05) is 18.4 Å². The number of likely N-dealkylation sites (tertiary alicyclic amines) is 1. The van der Waals surface area contributed by atoms with Crippen LogP contribution in [0.1, 0.15) is 60.5 Å². The number of rotatable bonds is 4. The van der Waals surface area contributed by atoms with Crippen molar-refractivity contribution in [1.82, 2.24) is 29.7 Å². The zero-order chi connectivity index (χ0) is 16.8. The number of oxazole rings is 1. The van der Waals surface area contributed by atoms with E-state index < -0.39 is 0 Å². The molecule has 25 heavy (non-hydrogen) atoms. The normalized spacial score (nSPS) is 19.7. The van der Waals surface area contributed by atoms with E-state index in [1.807, 2.05) is 11.4 Å². The van der Waals surface area contributed by atoms with Crippen molar-refractivity contribution in [2.75, 3.05) is 13.1 Å². The van der Waals surface area contributed by atoms with Gasteiger partial charge in [-0.05, 0) is 57.8 Å².